The lowest BCUT2D eigenvalue weighted by molar-refractivity contribution is 0.000247. The molecule has 7 heteroatoms. The van der Waals surface area contributed by atoms with E-state index in [4.69, 9.17) is 9.47 Å². The first-order chi connectivity index (χ1) is 19.2. The highest BCUT2D eigenvalue weighted by atomic mass is 16.5. The third-order valence-electron chi connectivity index (χ3n) is 7.11. The second-order valence-corrected chi connectivity index (χ2v) is 9.95. The number of para-hydroxylation sites is 1. The molecule has 0 spiro atoms. The zero-order chi connectivity index (χ0) is 27.3. The lowest BCUT2D eigenvalue weighted by Gasteiger charge is -2.31. The maximum atomic E-state index is 13.8. The van der Waals surface area contributed by atoms with Gasteiger partial charge in [0.2, 0.25) is 0 Å². The summed E-state index contributed by atoms with van der Waals surface area (Å²) in [4.78, 5) is 21.9. The molecule has 0 aliphatic carbocycles. The molecule has 1 aromatic heterocycles. The van der Waals surface area contributed by atoms with Gasteiger partial charge in [-0.2, -0.15) is 0 Å². The summed E-state index contributed by atoms with van der Waals surface area (Å²) >= 11 is 0. The number of hydrogen-bond acceptors (Lipinski definition) is 6. The number of pyridine rings is 1. The van der Waals surface area contributed by atoms with Crippen LogP contribution < -0.4 is 4.74 Å². The zero-order valence-electron chi connectivity index (χ0n) is 23.0. The van der Waals surface area contributed by atoms with Gasteiger partial charge in [-0.1, -0.05) is 62.6 Å². The van der Waals surface area contributed by atoms with Crippen molar-refractivity contribution < 1.29 is 19.4 Å². The first kappa shape index (κ1) is 28.7. The fraction of sp³-hybridized carbons (Fsp3) is 0.438. The molecule has 3 aromatic rings. The number of nitrogens with zero attached hydrogens (tertiary/aromatic N) is 3. The Bertz CT molecular complexity index is 1130. The number of aromatic nitrogens is 1. The third kappa shape index (κ3) is 8.36. The van der Waals surface area contributed by atoms with Gasteiger partial charge in [-0.25, -0.2) is 0 Å². The maximum absolute atomic E-state index is 13.8. The van der Waals surface area contributed by atoms with E-state index in [0.717, 1.165) is 63.2 Å². The second kappa shape index (κ2) is 15.4. The molecule has 0 bridgehead atoms. The van der Waals surface area contributed by atoms with Crippen molar-refractivity contribution in [1.82, 2.24) is 14.8 Å². The van der Waals surface area contributed by atoms with E-state index in [0.29, 0.717) is 30.0 Å². The van der Waals surface area contributed by atoms with Crippen LogP contribution in [-0.2, 0) is 4.74 Å². The fourth-order valence-corrected chi connectivity index (χ4v) is 4.83. The van der Waals surface area contributed by atoms with Gasteiger partial charge in [0, 0.05) is 49.7 Å². The molecule has 1 fully saturated rings. The molecule has 7 nitrogen and oxygen atoms in total. The summed E-state index contributed by atoms with van der Waals surface area (Å²) in [7, 11) is 0. The van der Waals surface area contributed by atoms with Crippen molar-refractivity contribution in [2.45, 2.75) is 45.3 Å². The average molecular weight is 532 g/mol. The molecule has 208 valence electrons. The van der Waals surface area contributed by atoms with E-state index in [1.165, 1.54) is 12.8 Å². The summed E-state index contributed by atoms with van der Waals surface area (Å²) in [6.07, 6.45) is 7.59. The molecular formula is C32H41N3O4. The number of rotatable bonds is 14. The van der Waals surface area contributed by atoms with Crippen molar-refractivity contribution in [1.29, 1.82) is 0 Å². The van der Waals surface area contributed by atoms with Gasteiger partial charge in [0.05, 0.1) is 19.8 Å². The monoisotopic (exact) mass is 531 g/mol. The Balaban J connectivity index is 1.51. The van der Waals surface area contributed by atoms with E-state index in [2.05, 4.69) is 16.8 Å². The Morgan fingerprint density at radius 2 is 1.79 bits per heavy atom. The number of amides is 1. The normalized spacial score (nSPS) is 14.6. The second-order valence-electron chi connectivity index (χ2n) is 9.95. The molecule has 1 N–H and O–H groups in total. The van der Waals surface area contributed by atoms with Crippen LogP contribution in [0.25, 0.3) is 11.1 Å². The smallest absolute Gasteiger partial charge is 0.256 e. The number of aliphatic hydroxyl groups is 1. The Hall–Kier alpha value is -3.26. The van der Waals surface area contributed by atoms with E-state index in [-0.39, 0.29) is 5.91 Å². The van der Waals surface area contributed by atoms with Crippen molar-refractivity contribution in [2.24, 2.45) is 0 Å². The summed E-state index contributed by atoms with van der Waals surface area (Å²) < 4.78 is 11.5. The predicted octanol–water partition coefficient (Wildman–Crippen LogP) is 5.56. The minimum atomic E-state index is -1.12. The van der Waals surface area contributed by atoms with Crippen LogP contribution in [-0.4, -0.2) is 71.8 Å². The van der Waals surface area contributed by atoms with E-state index in [1.54, 1.807) is 17.3 Å². The number of carbonyl (C=O) groups excluding carboxylic acids is 1. The molecule has 2 heterocycles. The van der Waals surface area contributed by atoms with Crippen LogP contribution in [0.4, 0.5) is 0 Å². The van der Waals surface area contributed by atoms with E-state index in [9.17, 15) is 9.90 Å². The van der Waals surface area contributed by atoms with E-state index < -0.39 is 6.23 Å². The van der Waals surface area contributed by atoms with Crippen LogP contribution >= 0.6 is 0 Å². The molecule has 39 heavy (non-hydrogen) atoms. The van der Waals surface area contributed by atoms with Gasteiger partial charge >= 0.3 is 0 Å². The van der Waals surface area contributed by atoms with Gasteiger partial charge in [0.1, 0.15) is 5.75 Å². The molecule has 1 amide bonds. The first-order valence-electron chi connectivity index (χ1n) is 14.2. The summed E-state index contributed by atoms with van der Waals surface area (Å²) in [6.45, 7) is 7.28. The van der Waals surface area contributed by atoms with Gasteiger partial charge < -0.3 is 19.5 Å². The Kier molecular flexibility index (Phi) is 11.3. The van der Waals surface area contributed by atoms with Gasteiger partial charge in [-0.3, -0.25) is 14.7 Å². The quantitative estimate of drug-likeness (QED) is 0.217. The average Bonchev–Trinajstić information content (AvgIpc) is 3.00. The lowest BCUT2D eigenvalue weighted by atomic mass is 10.0. The van der Waals surface area contributed by atoms with E-state index >= 15 is 0 Å². The number of aliphatic hydroxyl groups excluding tert-OH is 1. The van der Waals surface area contributed by atoms with E-state index in [1.807, 2.05) is 60.7 Å². The van der Waals surface area contributed by atoms with Crippen molar-refractivity contribution >= 4 is 5.91 Å². The maximum Gasteiger partial charge on any atom is 0.256 e. The Labute approximate surface area is 232 Å². The van der Waals surface area contributed by atoms with Crippen LogP contribution in [0.3, 0.4) is 0 Å². The molecule has 1 saturated heterocycles. The summed E-state index contributed by atoms with van der Waals surface area (Å²) in [6, 6.07) is 18.9. The molecule has 1 atom stereocenters. The number of unbranched alkanes of at least 4 members (excludes halogenated alkanes) is 3. The van der Waals surface area contributed by atoms with Crippen molar-refractivity contribution in [3.8, 4) is 16.9 Å². The highest BCUT2D eigenvalue weighted by Crippen LogP contribution is 2.30. The number of morpholine rings is 1. The molecule has 2 aromatic carbocycles. The topological polar surface area (TPSA) is 75.1 Å². The van der Waals surface area contributed by atoms with Gasteiger partial charge in [-0.15, -0.1) is 0 Å². The number of ether oxygens (including phenoxy) is 2. The lowest BCUT2D eigenvalue weighted by Crippen LogP contribution is -2.40. The van der Waals surface area contributed by atoms with Crippen LogP contribution in [0.15, 0.2) is 73.1 Å². The molecule has 0 saturated carbocycles. The van der Waals surface area contributed by atoms with Crippen LogP contribution in [0.5, 0.6) is 5.75 Å². The first-order valence-corrected chi connectivity index (χ1v) is 14.2. The Morgan fingerprint density at radius 1 is 1.00 bits per heavy atom. The Morgan fingerprint density at radius 3 is 2.54 bits per heavy atom. The number of hydrogen-bond donors (Lipinski definition) is 1. The number of carbonyl (C=O) groups is 1. The molecule has 1 unspecified atom stereocenters. The third-order valence-corrected chi connectivity index (χ3v) is 7.11. The molecule has 4 rings (SSSR count). The predicted molar refractivity (Wildman–Crippen MR) is 154 cm³/mol. The summed E-state index contributed by atoms with van der Waals surface area (Å²) in [5.74, 6) is 0.416. The molecule has 0 radical (unpaired) electrons. The van der Waals surface area contributed by atoms with Crippen LogP contribution in [0, 0.1) is 0 Å². The standard InChI is InChI=1S/C32H41N3O4/c1-2-3-4-7-22-39-30-12-6-5-11-29(30)32(37)35(19-9-18-34-20-23-38-24-21-34)31(36)27-15-13-26(14-16-27)28-10-8-17-33-25-28/h5-6,8,10-17,25,32,37H,2-4,7,9,18-24H2,1H3. The van der Waals surface area contributed by atoms with Gasteiger partial charge in [-0.05, 0) is 48.2 Å². The SMILES string of the molecule is CCCCCCOc1ccccc1C(O)N(CCCN1CCOCC1)C(=O)c1ccc(-c2cccnc2)cc1. The molecular weight excluding hydrogens is 490 g/mol. The summed E-state index contributed by atoms with van der Waals surface area (Å²) in [5, 5.41) is 11.6. The van der Waals surface area contributed by atoms with Crippen LogP contribution in [0.1, 0.15) is 61.2 Å². The van der Waals surface area contributed by atoms with Gasteiger partial charge in [0.25, 0.3) is 5.91 Å². The largest absolute Gasteiger partial charge is 0.493 e. The summed E-state index contributed by atoms with van der Waals surface area (Å²) in [5.41, 5.74) is 3.12. The zero-order valence-corrected chi connectivity index (χ0v) is 23.0. The van der Waals surface area contributed by atoms with Crippen molar-refractivity contribution in [3.63, 3.8) is 0 Å². The highest BCUT2D eigenvalue weighted by molar-refractivity contribution is 5.95. The molecule has 1 aliphatic heterocycles. The van der Waals surface area contributed by atoms with Crippen molar-refractivity contribution in [3.05, 3.63) is 84.2 Å². The minimum Gasteiger partial charge on any atom is -0.493 e. The highest BCUT2D eigenvalue weighted by Gasteiger charge is 2.27. The van der Waals surface area contributed by atoms with Crippen LogP contribution in [0.2, 0.25) is 0 Å². The molecule has 1 aliphatic rings. The van der Waals surface area contributed by atoms with Gasteiger partial charge in [0.15, 0.2) is 6.23 Å². The minimum absolute atomic E-state index is 0.208. The fourth-order valence-electron chi connectivity index (χ4n) is 4.83. The number of benzene rings is 2. The van der Waals surface area contributed by atoms with Crippen molar-refractivity contribution in [2.75, 3.05) is 46.0 Å².